The Morgan fingerprint density at radius 3 is 2.45 bits per heavy atom. The molecule has 6 nitrogen and oxygen atoms in total. The third kappa shape index (κ3) is 5.87. The molecule has 1 aliphatic heterocycles. The largest absolute Gasteiger partial charge is 0.492 e. The third-order valence-corrected chi connectivity index (χ3v) is 7.66. The first-order chi connectivity index (χ1) is 19.6. The molecule has 0 spiro atoms. The van der Waals surface area contributed by atoms with Crippen LogP contribution >= 0.6 is 0 Å². The molecule has 6 heteroatoms. The highest BCUT2D eigenvalue weighted by Crippen LogP contribution is 2.39. The number of ether oxygens (including phenoxy) is 1. The van der Waals surface area contributed by atoms with Crippen LogP contribution in [0.15, 0.2) is 84.8 Å². The molecule has 0 saturated heterocycles. The predicted octanol–water partition coefficient (Wildman–Crippen LogP) is 6.44. The van der Waals surface area contributed by atoms with Gasteiger partial charge in [0.15, 0.2) is 0 Å². The van der Waals surface area contributed by atoms with Gasteiger partial charge in [-0.1, -0.05) is 42.5 Å². The summed E-state index contributed by atoms with van der Waals surface area (Å²) in [6.45, 7) is 3.16. The van der Waals surface area contributed by atoms with Crippen LogP contribution in [0.2, 0.25) is 0 Å². The molecule has 3 heterocycles. The highest BCUT2D eigenvalue weighted by Gasteiger charge is 2.22. The molecule has 40 heavy (non-hydrogen) atoms. The second kappa shape index (κ2) is 11.9. The lowest BCUT2D eigenvalue weighted by Crippen LogP contribution is -2.17. The van der Waals surface area contributed by atoms with Crippen molar-refractivity contribution in [3.8, 4) is 16.9 Å². The summed E-state index contributed by atoms with van der Waals surface area (Å²) in [6, 6.07) is 21.8. The molecular weight excluding hydrogens is 494 g/mol. The SMILES string of the molecule is CN(C)Cc1cccc(CNC(=C2CCC2)c2cccc(CNc3ncc(-c4ccncc4)c4c3CCO4)c2)c1. The minimum Gasteiger partial charge on any atom is -0.492 e. The maximum atomic E-state index is 6.04. The van der Waals surface area contributed by atoms with E-state index in [1.807, 2.05) is 18.3 Å². The standard InChI is InChI=1S/C34H37N5O/c1-39(2)23-26-8-3-6-24(18-26)20-36-32(28-9-5-10-28)29-11-4-7-25(19-29)21-37-34-30-14-17-40-33(30)31(22-38-34)27-12-15-35-16-13-27/h3-4,6-8,11-13,15-16,18-19,22,36H,5,9-10,14,17,20-21,23H2,1-2H3,(H,37,38). The fourth-order valence-electron chi connectivity index (χ4n) is 5.53. The summed E-state index contributed by atoms with van der Waals surface area (Å²) in [5.41, 5.74) is 11.2. The number of nitrogens with one attached hydrogen (secondary N) is 2. The highest BCUT2D eigenvalue weighted by molar-refractivity contribution is 5.75. The Morgan fingerprint density at radius 2 is 1.68 bits per heavy atom. The van der Waals surface area contributed by atoms with Crippen molar-refractivity contribution in [1.29, 1.82) is 0 Å². The first-order valence-corrected chi connectivity index (χ1v) is 14.2. The van der Waals surface area contributed by atoms with Gasteiger partial charge in [0.25, 0.3) is 0 Å². The zero-order chi connectivity index (χ0) is 27.3. The summed E-state index contributed by atoms with van der Waals surface area (Å²) in [7, 11) is 4.22. The van der Waals surface area contributed by atoms with Gasteiger partial charge in [-0.05, 0) is 84.9 Å². The molecule has 204 valence electrons. The zero-order valence-corrected chi connectivity index (χ0v) is 23.4. The average molecular weight is 532 g/mol. The van der Waals surface area contributed by atoms with Gasteiger partial charge in [0, 0.05) is 61.5 Å². The topological polar surface area (TPSA) is 62.3 Å². The lowest BCUT2D eigenvalue weighted by Gasteiger charge is -2.24. The minimum atomic E-state index is 0.684. The normalized spacial score (nSPS) is 13.9. The van der Waals surface area contributed by atoms with E-state index in [0.29, 0.717) is 13.2 Å². The maximum Gasteiger partial charge on any atom is 0.135 e. The molecule has 4 aromatic rings. The smallest absolute Gasteiger partial charge is 0.135 e. The second-order valence-corrected chi connectivity index (χ2v) is 11.0. The molecule has 0 radical (unpaired) electrons. The van der Waals surface area contributed by atoms with Crippen LogP contribution in [0.1, 0.15) is 47.1 Å². The molecule has 2 aromatic heterocycles. The first kappa shape index (κ1) is 26.1. The Morgan fingerprint density at radius 1 is 0.900 bits per heavy atom. The van der Waals surface area contributed by atoms with Crippen LogP contribution in [-0.4, -0.2) is 35.6 Å². The number of allylic oxidation sites excluding steroid dienone is 1. The van der Waals surface area contributed by atoms with E-state index < -0.39 is 0 Å². The van der Waals surface area contributed by atoms with Gasteiger partial charge in [0.1, 0.15) is 11.6 Å². The van der Waals surface area contributed by atoms with E-state index in [2.05, 4.69) is 83.1 Å². The molecule has 2 aliphatic rings. The van der Waals surface area contributed by atoms with Crippen LogP contribution in [-0.2, 0) is 26.1 Å². The zero-order valence-electron chi connectivity index (χ0n) is 23.4. The molecule has 0 amide bonds. The molecule has 6 rings (SSSR count). The van der Waals surface area contributed by atoms with Crippen LogP contribution in [0, 0.1) is 0 Å². The van der Waals surface area contributed by atoms with Gasteiger partial charge < -0.3 is 20.3 Å². The van der Waals surface area contributed by atoms with Crippen LogP contribution in [0.5, 0.6) is 5.75 Å². The number of anilines is 1. The summed E-state index contributed by atoms with van der Waals surface area (Å²) in [5, 5.41) is 7.40. The summed E-state index contributed by atoms with van der Waals surface area (Å²) in [6.07, 6.45) is 10.00. The quantitative estimate of drug-likeness (QED) is 0.246. The summed E-state index contributed by atoms with van der Waals surface area (Å²) in [4.78, 5) is 11.2. The van der Waals surface area contributed by atoms with E-state index >= 15 is 0 Å². The Hall–Kier alpha value is -4.16. The van der Waals surface area contributed by atoms with Gasteiger partial charge in [0.2, 0.25) is 0 Å². The van der Waals surface area contributed by atoms with Crippen molar-refractivity contribution in [2.24, 2.45) is 0 Å². The predicted molar refractivity (Wildman–Crippen MR) is 162 cm³/mol. The molecule has 2 N–H and O–H groups in total. The third-order valence-electron chi connectivity index (χ3n) is 7.66. The monoisotopic (exact) mass is 531 g/mol. The van der Waals surface area contributed by atoms with Crippen LogP contribution in [0.25, 0.3) is 16.8 Å². The average Bonchev–Trinajstić information content (AvgIpc) is 3.44. The van der Waals surface area contributed by atoms with Gasteiger partial charge in [-0.15, -0.1) is 0 Å². The van der Waals surface area contributed by atoms with E-state index in [1.165, 1.54) is 52.8 Å². The van der Waals surface area contributed by atoms with Crippen molar-refractivity contribution >= 4 is 11.5 Å². The van der Waals surface area contributed by atoms with Crippen molar-refractivity contribution in [2.45, 2.75) is 45.3 Å². The Balaban J connectivity index is 1.17. The number of benzene rings is 2. The van der Waals surface area contributed by atoms with Gasteiger partial charge in [-0.25, -0.2) is 4.98 Å². The minimum absolute atomic E-state index is 0.684. The molecule has 2 aromatic carbocycles. The van der Waals surface area contributed by atoms with E-state index in [9.17, 15) is 0 Å². The Kier molecular flexibility index (Phi) is 7.78. The van der Waals surface area contributed by atoms with E-state index in [4.69, 9.17) is 9.72 Å². The molecular formula is C34H37N5O. The maximum absolute atomic E-state index is 6.04. The van der Waals surface area contributed by atoms with Crippen molar-refractivity contribution < 1.29 is 4.74 Å². The number of rotatable bonds is 10. The van der Waals surface area contributed by atoms with Crippen molar-refractivity contribution in [3.05, 3.63) is 113 Å². The number of nitrogens with zero attached hydrogens (tertiary/aromatic N) is 3. The molecule has 1 aliphatic carbocycles. The van der Waals surface area contributed by atoms with E-state index in [1.54, 1.807) is 12.4 Å². The van der Waals surface area contributed by atoms with Gasteiger partial charge in [0.05, 0.1) is 6.61 Å². The fraction of sp³-hybridized carbons (Fsp3) is 0.294. The number of fused-ring (bicyclic) bond motifs is 1. The Labute approximate surface area is 237 Å². The summed E-state index contributed by atoms with van der Waals surface area (Å²) < 4.78 is 6.04. The summed E-state index contributed by atoms with van der Waals surface area (Å²) in [5.74, 6) is 1.84. The van der Waals surface area contributed by atoms with Crippen LogP contribution in [0.4, 0.5) is 5.82 Å². The number of hydrogen-bond acceptors (Lipinski definition) is 6. The second-order valence-electron chi connectivity index (χ2n) is 11.0. The van der Waals surface area contributed by atoms with Gasteiger partial charge in [-0.3, -0.25) is 4.98 Å². The van der Waals surface area contributed by atoms with E-state index in [-0.39, 0.29) is 0 Å². The van der Waals surface area contributed by atoms with Crippen molar-refractivity contribution in [2.75, 3.05) is 26.0 Å². The van der Waals surface area contributed by atoms with Gasteiger partial charge in [-0.2, -0.15) is 0 Å². The molecule has 0 unspecified atom stereocenters. The molecule has 0 bridgehead atoms. The van der Waals surface area contributed by atoms with Crippen molar-refractivity contribution in [1.82, 2.24) is 20.2 Å². The van der Waals surface area contributed by atoms with E-state index in [0.717, 1.165) is 47.8 Å². The Bertz CT molecular complexity index is 1510. The molecule has 1 fully saturated rings. The lowest BCUT2D eigenvalue weighted by atomic mass is 9.88. The van der Waals surface area contributed by atoms with Crippen LogP contribution in [0.3, 0.4) is 0 Å². The van der Waals surface area contributed by atoms with Crippen LogP contribution < -0.4 is 15.4 Å². The van der Waals surface area contributed by atoms with Gasteiger partial charge >= 0.3 is 0 Å². The summed E-state index contributed by atoms with van der Waals surface area (Å²) >= 11 is 0. The first-order valence-electron chi connectivity index (χ1n) is 14.2. The number of pyridine rings is 2. The number of aromatic nitrogens is 2. The fourth-order valence-corrected chi connectivity index (χ4v) is 5.53. The highest BCUT2D eigenvalue weighted by atomic mass is 16.5. The number of hydrogen-bond donors (Lipinski definition) is 2. The lowest BCUT2D eigenvalue weighted by molar-refractivity contribution is 0.358. The molecule has 1 saturated carbocycles. The molecule has 0 atom stereocenters. The van der Waals surface area contributed by atoms with Crippen molar-refractivity contribution in [3.63, 3.8) is 0 Å².